The molecule has 0 radical (unpaired) electrons. The monoisotopic (exact) mass is 458 g/mol. The van der Waals surface area contributed by atoms with Crippen LogP contribution in [0.3, 0.4) is 0 Å². The molecule has 0 aromatic heterocycles. The maximum Gasteiger partial charge on any atom is 0.306 e. The summed E-state index contributed by atoms with van der Waals surface area (Å²) in [7, 11) is 0. The molecule has 0 aliphatic heterocycles. The lowest BCUT2D eigenvalue weighted by Gasteiger charge is -2.19. The fourth-order valence-electron chi connectivity index (χ4n) is 3.07. The highest BCUT2D eigenvalue weighted by Crippen LogP contribution is 2.24. The average Bonchev–Trinajstić information content (AvgIpc) is 2.88. The lowest BCUT2D eigenvalue weighted by atomic mass is 9.95. The second-order valence-electron chi connectivity index (χ2n) is 8.64. The van der Waals surface area contributed by atoms with Crippen LogP contribution in [0.15, 0.2) is 70.9 Å². The first-order valence-corrected chi connectivity index (χ1v) is 11.3. The summed E-state index contributed by atoms with van der Waals surface area (Å²) in [5, 5.41) is 27.4. The molecule has 7 heteroatoms. The van der Waals surface area contributed by atoms with Crippen LogP contribution in [-0.4, -0.2) is 22.8 Å². The summed E-state index contributed by atoms with van der Waals surface area (Å²) in [6, 6.07) is 23.2. The molecule has 0 fully saturated rings. The van der Waals surface area contributed by atoms with Gasteiger partial charge < -0.3 is 4.74 Å². The molecule has 176 valence electrons. The van der Waals surface area contributed by atoms with Crippen molar-refractivity contribution >= 4 is 11.8 Å². The topological polar surface area (TPSA) is 116 Å². The molecule has 0 saturated heterocycles. The average molecular weight is 459 g/mol. The van der Waals surface area contributed by atoms with Crippen molar-refractivity contribution in [2.75, 3.05) is 0 Å². The molecule has 2 aromatic rings. The molecule has 2 aromatic carbocycles. The van der Waals surface area contributed by atoms with Crippen molar-refractivity contribution in [1.29, 1.82) is 10.5 Å². The number of nitriles is 2. The number of rotatable bonds is 13. The number of carbonyl (C=O) groups excluding carboxylic acids is 2. The number of nitrogens with zero attached hydrogens (tertiary/aromatic N) is 4. The van der Waals surface area contributed by atoms with Gasteiger partial charge in [-0.1, -0.05) is 60.7 Å². The molecule has 0 spiro atoms. The van der Waals surface area contributed by atoms with Crippen LogP contribution in [0, 0.1) is 22.7 Å². The predicted molar refractivity (Wildman–Crippen MR) is 127 cm³/mol. The van der Waals surface area contributed by atoms with Gasteiger partial charge in [0.2, 0.25) is 0 Å². The van der Waals surface area contributed by atoms with E-state index in [9.17, 15) is 20.1 Å². The first-order chi connectivity index (χ1) is 16.3. The van der Waals surface area contributed by atoms with Crippen LogP contribution < -0.4 is 0 Å². The van der Waals surface area contributed by atoms with E-state index in [2.05, 4.69) is 22.4 Å². The molecule has 0 amide bonds. The number of benzene rings is 2. The molecule has 34 heavy (non-hydrogen) atoms. The maximum absolute atomic E-state index is 12.3. The number of esters is 1. The molecule has 0 bridgehead atoms. The first-order valence-electron chi connectivity index (χ1n) is 11.3. The highest BCUT2D eigenvalue weighted by Gasteiger charge is 2.29. The normalized spacial score (nSPS) is 14.4. The molecular weight excluding hydrogens is 428 g/mol. The van der Waals surface area contributed by atoms with Gasteiger partial charge in [-0.2, -0.15) is 20.8 Å². The Kier molecular flexibility index (Phi) is 10.1. The van der Waals surface area contributed by atoms with E-state index in [1.807, 2.05) is 60.7 Å². The summed E-state index contributed by atoms with van der Waals surface area (Å²) >= 11 is 0. The Balaban J connectivity index is 1.84. The number of azo groups is 1. The maximum atomic E-state index is 12.3. The Bertz CT molecular complexity index is 971. The van der Waals surface area contributed by atoms with Crippen molar-refractivity contribution in [3.63, 3.8) is 0 Å². The van der Waals surface area contributed by atoms with Crippen LogP contribution in [-0.2, 0) is 27.4 Å². The predicted octanol–water partition coefficient (Wildman–Crippen LogP) is 5.51. The van der Waals surface area contributed by atoms with Gasteiger partial charge in [-0.05, 0) is 44.2 Å². The van der Waals surface area contributed by atoms with E-state index >= 15 is 0 Å². The Morgan fingerprint density at radius 2 is 1.29 bits per heavy atom. The standard InChI is InChI=1S/C27H30N4O3/c1-26(20-28,17-15-24(32)14-13-22-9-5-3-6-10-22)30-31-27(2,21-29)18-16-25(33)34-19-23-11-7-4-8-12-23/h3-12H,13-19H2,1-2H3/b31-30+. The summed E-state index contributed by atoms with van der Waals surface area (Å²) in [6.45, 7) is 3.31. The van der Waals surface area contributed by atoms with Crippen LogP contribution in [0.25, 0.3) is 0 Å². The third-order valence-corrected chi connectivity index (χ3v) is 5.46. The molecule has 0 heterocycles. The molecule has 0 N–H and O–H groups in total. The van der Waals surface area contributed by atoms with Gasteiger partial charge >= 0.3 is 5.97 Å². The van der Waals surface area contributed by atoms with Crippen molar-refractivity contribution in [1.82, 2.24) is 0 Å². The van der Waals surface area contributed by atoms with Gasteiger partial charge in [0.1, 0.15) is 12.4 Å². The molecule has 0 aliphatic rings. The van der Waals surface area contributed by atoms with Crippen LogP contribution >= 0.6 is 0 Å². The van der Waals surface area contributed by atoms with Gasteiger partial charge in [-0.15, -0.1) is 0 Å². The van der Waals surface area contributed by atoms with E-state index in [0.717, 1.165) is 11.1 Å². The molecule has 2 rings (SSSR count). The SMILES string of the molecule is CC(C#N)(CCC(=O)CCc1ccccc1)/N=N/C(C)(C#N)CCC(=O)OCc1ccccc1. The number of ketones is 1. The number of aryl methyl sites for hydroxylation is 1. The molecular formula is C27H30N4O3. The third kappa shape index (κ3) is 9.34. The van der Waals surface area contributed by atoms with Crippen molar-refractivity contribution in [2.45, 2.75) is 70.1 Å². The molecule has 2 atom stereocenters. The van der Waals surface area contributed by atoms with E-state index < -0.39 is 17.0 Å². The number of hydrogen-bond acceptors (Lipinski definition) is 7. The Labute approximate surface area is 201 Å². The van der Waals surface area contributed by atoms with E-state index in [0.29, 0.717) is 12.8 Å². The number of hydrogen-bond donors (Lipinski definition) is 0. The smallest absolute Gasteiger partial charge is 0.306 e. The van der Waals surface area contributed by atoms with Crippen molar-refractivity contribution in [3.05, 3.63) is 71.8 Å². The molecule has 2 unspecified atom stereocenters. The molecule has 0 saturated carbocycles. The summed E-state index contributed by atoms with van der Waals surface area (Å²) in [4.78, 5) is 24.4. The quantitative estimate of drug-likeness (QED) is 0.290. The summed E-state index contributed by atoms with van der Waals surface area (Å²) in [6.07, 6.45) is 1.56. The van der Waals surface area contributed by atoms with Crippen LogP contribution in [0.2, 0.25) is 0 Å². The van der Waals surface area contributed by atoms with Crippen molar-refractivity contribution in [3.8, 4) is 12.1 Å². The lowest BCUT2D eigenvalue weighted by Crippen LogP contribution is -2.25. The Morgan fingerprint density at radius 3 is 1.82 bits per heavy atom. The zero-order chi connectivity index (χ0) is 24.9. The number of carbonyl (C=O) groups is 2. The summed E-state index contributed by atoms with van der Waals surface area (Å²) in [5.41, 5.74) is -0.539. The number of Topliss-reactive ketones (excluding diaryl/α,β-unsaturated/α-hetero) is 1. The number of ether oxygens (including phenoxy) is 1. The minimum Gasteiger partial charge on any atom is -0.461 e. The Hall–Kier alpha value is -3.84. The fourth-order valence-corrected chi connectivity index (χ4v) is 3.07. The highest BCUT2D eigenvalue weighted by molar-refractivity contribution is 5.78. The largest absolute Gasteiger partial charge is 0.461 e. The van der Waals surface area contributed by atoms with E-state index in [1.165, 1.54) is 0 Å². The van der Waals surface area contributed by atoms with Crippen molar-refractivity contribution in [2.24, 2.45) is 10.2 Å². The fraction of sp³-hybridized carbons (Fsp3) is 0.407. The van der Waals surface area contributed by atoms with E-state index in [4.69, 9.17) is 4.74 Å². The van der Waals surface area contributed by atoms with E-state index in [-0.39, 0.29) is 38.1 Å². The van der Waals surface area contributed by atoms with Crippen LogP contribution in [0.4, 0.5) is 0 Å². The minimum atomic E-state index is -1.28. The zero-order valence-electron chi connectivity index (χ0n) is 19.7. The molecule has 7 nitrogen and oxygen atoms in total. The van der Waals surface area contributed by atoms with Gasteiger partial charge in [-0.25, -0.2) is 0 Å². The van der Waals surface area contributed by atoms with Crippen LogP contribution in [0.1, 0.15) is 57.1 Å². The lowest BCUT2D eigenvalue weighted by molar-refractivity contribution is -0.145. The van der Waals surface area contributed by atoms with Crippen molar-refractivity contribution < 1.29 is 14.3 Å². The Morgan fingerprint density at radius 1 is 0.794 bits per heavy atom. The second kappa shape index (κ2) is 13.0. The second-order valence-corrected chi connectivity index (χ2v) is 8.64. The van der Waals surface area contributed by atoms with Gasteiger partial charge in [0, 0.05) is 19.3 Å². The minimum absolute atomic E-state index is 0.00282. The van der Waals surface area contributed by atoms with Gasteiger partial charge in [0.15, 0.2) is 11.1 Å². The summed E-state index contributed by atoms with van der Waals surface area (Å²) < 4.78 is 5.24. The zero-order valence-corrected chi connectivity index (χ0v) is 19.7. The van der Waals surface area contributed by atoms with Gasteiger partial charge in [0.25, 0.3) is 0 Å². The van der Waals surface area contributed by atoms with Gasteiger partial charge in [0.05, 0.1) is 12.1 Å². The molecule has 0 aliphatic carbocycles. The first kappa shape index (κ1) is 26.4. The summed E-state index contributed by atoms with van der Waals surface area (Å²) in [5.74, 6) is -0.391. The third-order valence-electron chi connectivity index (χ3n) is 5.46. The van der Waals surface area contributed by atoms with E-state index in [1.54, 1.807) is 13.8 Å². The highest BCUT2D eigenvalue weighted by atomic mass is 16.5. The van der Waals surface area contributed by atoms with Crippen LogP contribution in [0.5, 0.6) is 0 Å². The van der Waals surface area contributed by atoms with Gasteiger partial charge in [-0.3, -0.25) is 9.59 Å².